The molecule has 14 heavy (non-hydrogen) atoms. The number of aryl methyl sites for hydroxylation is 2. The molecule has 1 aromatic rings. The van der Waals surface area contributed by atoms with Gasteiger partial charge in [0, 0.05) is 13.1 Å². The van der Waals surface area contributed by atoms with Gasteiger partial charge < -0.3 is 11.1 Å². The third-order valence-corrected chi connectivity index (χ3v) is 2.59. The van der Waals surface area contributed by atoms with E-state index in [2.05, 4.69) is 10.4 Å². The Kier molecular flexibility index (Phi) is 2.19. The van der Waals surface area contributed by atoms with Gasteiger partial charge in [-0.1, -0.05) is 12.2 Å². The smallest absolute Gasteiger partial charge is 0.134 e. The van der Waals surface area contributed by atoms with E-state index in [9.17, 15) is 0 Å². The number of hydrogen-bond acceptors (Lipinski definition) is 3. The van der Waals surface area contributed by atoms with Gasteiger partial charge in [0.1, 0.15) is 10.8 Å². The van der Waals surface area contributed by atoms with E-state index in [1.54, 1.807) is 0 Å². The molecule has 0 atom stereocenters. The first-order chi connectivity index (χ1) is 6.59. The third-order valence-electron chi connectivity index (χ3n) is 2.39. The van der Waals surface area contributed by atoms with Crippen LogP contribution in [0.5, 0.6) is 0 Å². The topological polar surface area (TPSA) is 55.9 Å². The molecule has 0 radical (unpaired) electrons. The van der Waals surface area contributed by atoms with Gasteiger partial charge in [-0.05, 0) is 19.8 Å². The molecule has 0 amide bonds. The van der Waals surface area contributed by atoms with Crippen LogP contribution in [0.2, 0.25) is 0 Å². The lowest BCUT2D eigenvalue weighted by Gasteiger charge is -2.07. The molecule has 0 spiro atoms. The molecule has 4 nitrogen and oxygen atoms in total. The molecule has 0 bridgehead atoms. The Labute approximate surface area is 88.5 Å². The van der Waals surface area contributed by atoms with Crippen molar-refractivity contribution in [3.63, 3.8) is 0 Å². The predicted octanol–water partition coefficient (Wildman–Crippen LogP) is 0.937. The van der Waals surface area contributed by atoms with E-state index in [0.29, 0.717) is 11.0 Å². The second-order valence-corrected chi connectivity index (χ2v) is 4.16. The van der Waals surface area contributed by atoms with Gasteiger partial charge in [-0.15, -0.1) is 0 Å². The fraction of sp³-hybridized carbons (Fsp3) is 0.556. The van der Waals surface area contributed by atoms with E-state index in [1.807, 2.05) is 18.7 Å². The number of thiocarbonyl (C=S) groups is 1. The predicted molar refractivity (Wildman–Crippen MR) is 60.5 cm³/mol. The van der Waals surface area contributed by atoms with Crippen LogP contribution in [0.15, 0.2) is 0 Å². The van der Waals surface area contributed by atoms with Crippen molar-refractivity contribution in [2.75, 3.05) is 5.32 Å². The summed E-state index contributed by atoms with van der Waals surface area (Å²) < 4.78 is 1.81. The van der Waals surface area contributed by atoms with E-state index in [4.69, 9.17) is 18.0 Å². The first-order valence-electron chi connectivity index (χ1n) is 4.69. The minimum Gasteiger partial charge on any atom is -0.389 e. The van der Waals surface area contributed by atoms with Crippen LogP contribution < -0.4 is 11.1 Å². The third kappa shape index (κ3) is 1.59. The normalized spacial score (nSPS) is 15.6. The van der Waals surface area contributed by atoms with Crippen LogP contribution in [0, 0.1) is 6.92 Å². The molecule has 0 saturated heterocycles. The molecule has 0 aromatic carbocycles. The van der Waals surface area contributed by atoms with E-state index < -0.39 is 0 Å². The molecule has 0 aliphatic heterocycles. The number of nitrogens with two attached hydrogens (primary N) is 1. The molecule has 1 heterocycles. The van der Waals surface area contributed by atoms with Crippen molar-refractivity contribution in [2.24, 2.45) is 12.8 Å². The summed E-state index contributed by atoms with van der Waals surface area (Å²) in [4.78, 5) is 0.416. The summed E-state index contributed by atoms with van der Waals surface area (Å²) in [6, 6.07) is 0.581. The Morgan fingerprint density at radius 1 is 1.64 bits per heavy atom. The number of nitrogens with zero attached hydrogens (tertiary/aromatic N) is 2. The fourth-order valence-electron chi connectivity index (χ4n) is 1.54. The molecule has 1 aliphatic carbocycles. The lowest BCUT2D eigenvalue weighted by Crippen LogP contribution is -2.15. The Balaban J connectivity index is 2.38. The number of rotatable bonds is 3. The van der Waals surface area contributed by atoms with Gasteiger partial charge in [0.25, 0.3) is 0 Å². The first-order valence-corrected chi connectivity index (χ1v) is 5.10. The second-order valence-electron chi connectivity index (χ2n) is 3.72. The van der Waals surface area contributed by atoms with Gasteiger partial charge in [-0.3, -0.25) is 4.68 Å². The van der Waals surface area contributed by atoms with Crippen LogP contribution in [0.3, 0.4) is 0 Å². The zero-order valence-corrected chi connectivity index (χ0v) is 9.19. The van der Waals surface area contributed by atoms with Crippen LogP contribution in [-0.2, 0) is 7.05 Å². The van der Waals surface area contributed by atoms with E-state index in [-0.39, 0.29) is 0 Å². The molecule has 1 fully saturated rings. The van der Waals surface area contributed by atoms with Gasteiger partial charge >= 0.3 is 0 Å². The summed E-state index contributed by atoms with van der Waals surface area (Å²) in [6.45, 7) is 1.92. The van der Waals surface area contributed by atoms with Crippen LogP contribution in [0.25, 0.3) is 0 Å². The van der Waals surface area contributed by atoms with Crippen molar-refractivity contribution in [1.29, 1.82) is 0 Å². The highest BCUT2D eigenvalue weighted by atomic mass is 32.1. The molecular weight excluding hydrogens is 196 g/mol. The highest BCUT2D eigenvalue weighted by Crippen LogP contribution is 2.27. The maximum Gasteiger partial charge on any atom is 0.134 e. The van der Waals surface area contributed by atoms with Crippen molar-refractivity contribution < 1.29 is 0 Å². The molecule has 0 unspecified atom stereocenters. The van der Waals surface area contributed by atoms with Crippen LogP contribution in [0.4, 0.5) is 5.82 Å². The van der Waals surface area contributed by atoms with Gasteiger partial charge in [0.2, 0.25) is 0 Å². The van der Waals surface area contributed by atoms with Crippen molar-refractivity contribution in [3.8, 4) is 0 Å². The summed E-state index contributed by atoms with van der Waals surface area (Å²) in [5, 5.41) is 7.69. The van der Waals surface area contributed by atoms with Crippen molar-refractivity contribution in [3.05, 3.63) is 11.3 Å². The Hall–Kier alpha value is -1.10. The maximum atomic E-state index is 5.66. The fourth-order valence-corrected chi connectivity index (χ4v) is 1.78. The number of nitrogens with one attached hydrogen (secondary N) is 1. The molecule has 5 heteroatoms. The quantitative estimate of drug-likeness (QED) is 0.729. The highest BCUT2D eigenvalue weighted by Gasteiger charge is 2.25. The molecule has 1 aromatic heterocycles. The minimum atomic E-state index is 0.416. The molecule has 1 saturated carbocycles. The number of anilines is 1. The SMILES string of the molecule is Cc1nn(C)c(NC2CC2)c1C(N)=S. The highest BCUT2D eigenvalue weighted by molar-refractivity contribution is 7.80. The summed E-state index contributed by atoms with van der Waals surface area (Å²) in [5.41, 5.74) is 7.44. The van der Waals surface area contributed by atoms with E-state index in [1.165, 1.54) is 12.8 Å². The monoisotopic (exact) mass is 210 g/mol. The standard InChI is InChI=1S/C9H14N4S/c1-5-7(8(10)14)9(13(2)12-5)11-6-3-4-6/h6,11H,3-4H2,1-2H3,(H2,10,14). The van der Waals surface area contributed by atoms with Crippen LogP contribution >= 0.6 is 12.2 Å². The molecule has 3 N–H and O–H groups in total. The largest absolute Gasteiger partial charge is 0.389 e. The lowest BCUT2D eigenvalue weighted by molar-refractivity contribution is 0.757. The van der Waals surface area contributed by atoms with E-state index >= 15 is 0 Å². The van der Waals surface area contributed by atoms with Crippen LogP contribution in [-0.4, -0.2) is 20.8 Å². The van der Waals surface area contributed by atoms with Crippen molar-refractivity contribution in [2.45, 2.75) is 25.8 Å². The Morgan fingerprint density at radius 2 is 2.29 bits per heavy atom. The summed E-state index contributed by atoms with van der Waals surface area (Å²) in [7, 11) is 1.90. The number of hydrogen-bond donors (Lipinski definition) is 2. The average Bonchev–Trinajstić information content (AvgIpc) is 2.80. The molecule has 76 valence electrons. The summed E-state index contributed by atoms with van der Waals surface area (Å²) in [5.74, 6) is 0.956. The second kappa shape index (κ2) is 3.24. The average molecular weight is 210 g/mol. The zero-order valence-electron chi connectivity index (χ0n) is 8.37. The Bertz CT molecular complexity index is 378. The van der Waals surface area contributed by atoms with Crippen LogP contribution in [0.1, 0.15) is 24.1 Å². The van der Waals surface area contributed by atoms with Crippen molar-refractivity contribution in [1.82, 2.24) is 9.78 Å². The maximum absolute atomic E-state index is 5.66. The Morgan fingerprint density at radius 3 is 2.79 bits per heavy atom. The molecule has 2 rings (SSSR count). The molecule has 1 aliphatic rings. The molecular formula is C9H14N4S. The number of aromatic nitrogens is 2. The van der Waals surface area contributed by atoms with Gasteiger partial charge in [0.05, 0.1) is 11.3 Å². The minimum absolute atomic E-state index is 0.416. The van der Waals surface area contributed by atoms with Gasteiger partial charge in [0.15, 0.2) is 0 Å². The van der Waals surface area contributed by atoms with E-state index in [0.717, 1.165) is 17.1 Å². The lowest BCUT2D eigenvalue weighted by atomic mass is 10.2. The van der Waals surface area contributed by atoms with Gasteiger partial charge in [-0.25, -0.2) is 0 Å². The van der Waals surface area contributed by atoms with Crippen molar-refractivity contribution >= 4 is 23.0 Å². The first kappa shape index (κ1) is 9.45. The van der Waals surface area contributed by atoms with Gasteiger partial charge in [-0.2, -0.15) is 5.10 Å². The summed E-state index contributed by atoms with van der Waals surface area (Å²) in [6.07, 6.45) is 2.45. The summed E-state index contributed by atoms with van der Waals surface area (Å²) >= 11 is 5.01. The zero-order chi connectivity index (χ0) is 10.3.